The first kappa shape index (κ1) is 14.8. The normalized spacial score (nSPS) is 10.2. The summed E-state index contributed by atoms with van der Waals surface area (Å²) in [5.41, 5.74) is 0.414. The summed E-state index contributed by atoms with van der Waals surface area (Å²) in [4.78, 5) is 13.6. The molecule has 0 aliphatic carbocycles. The zero-order valence-corrected chi connectivity index (χ0v) is 11.4. The summed E-state index contributed by atoms with van der Waals surface area (Å²) in [5, 5.41) is 2.71. The topological polar surface area (TPSA) is 32.3 Å². The van der Waals surface area contributed by atoms with Crippen molar-refractivity contribution in [3.63, 3.8) is 0 Å². The van der Waals surface area contributed by atoms with Gasteiger partial charge in [0.05, 0.1) is 5.02 Å². The average molecular weight is 273 g/mol. The van der Waals surface area contributed by atoms with E-state index in [9.17, 15) is 9.18 Å². The number of hydrogen-bond donors (Lipinski definition) is 1. The Balaban J connectivity index is 2.64. The van der Waals surface area contributed by atoms with Gasteiger partial charge in [0.25, 0.3) is 0 Å². The molecule has 0 atom stereocenters. The highest BCUT2D eigenvalue weighted by molar-refractivity contribution is 6.30. The molecule has 5 heteroatoms. The van der Waals surface area contributed by atoms with Crippen molar-refractivity contribution in [2.24, 2.45) is 0 Å². The maximum absolute atomic E-state index is 13.2. The first-order chi connectivity index (χ1) is 8.58. The molecule has 0 bridgehead atoms. The van der Waals surface area contributed by atoms with Crippen molar-refractivity contribution in [1.29, 1.82) is 0 Å². The van der Waals surface area contributed by atoms with Crippen LogP contribution in [0.1, 0.15) is 26.7 Å². The van der Waals surface area contributed by atoms with Gasteiger partial charge < -0.3 is 10.2 Å². The summed E-state index contributed by atoms with van der Waals surface area (Å²) in [6.07, 6.45) is 1.98. The van der Waals surface area contributed by atoms with Crippen LogP contribution in [0.3, 0.4) is 0 Å². The van der Waals surface area contributed by atoms with Crippen LogP contribution in [-0.2, 0) is 0 Å². The maximum atomic E-state index is 13.2. The molecule has 18 heavy (non-hydrogen) atoms. The van der Waals surface area contributed by atoms with Gasteiger partial charge in [-0.05, 0) is 31.5 Å². The maximum Gasteiger partial charge on any atom is 0.321 e. The monoisotopic (exact) mass is 272 g/mol. The molecule has 1 aromatic rings. The largest absolute Gasteiger partial charge is 0.325 e. The lowest BCUT2D eigenvalue weighted by Gasteiger charge is -2.21. The Morgan fingerprint density at radius 1 is 1.44 bits per heavy atom. The molecule has 2 amide bonds. The van der Waals surface area contributed by atoms with Crippen LogP contribution in [0.15, 0.2) is 18.2 Å². The third kappa shape index (κ3) is 4.18. The lowest BCUT2D eigenvalue weighted by molar-refractivity contribution is 0.213. The predicted octanol–water partition coefficient (Wildman–Crippen LogP) is 4.13. The first-order valence-electron chi connectivity index (χ1n) is 6.09. The van der Waals surface area contributed by atoms with Crippen LogP contribution in [-0.4, -0.2) is 24.0 Å². The number of carbonyl (C=O) groups is 1. The van der Waals surface area contributed by atoms with E-state index in [1.54, 1.807) is 11.0 Å². The highest BCUT2D eigenvalue weighted by Crippen LogP contribution is 2.19. The summed E-state index contributed by atoms with van der Waals surface area (Å²) in [6.45, 7) is 5.31. The van der Waals surface area contributed by atoms with E-state index < -0.39 is 5.82 Å². The Bertz CT molecular complexity index is 412. The highest BCUT2D eigenvalue weighted by atomic mass is 35.5. The summed E-state index contributed by atoms with van der Waals surface area (Å²) < 4.78 is 13.2. The Hall–Kier alpha value is -1.29. The number of nitrogens with zero attached hydrogens (tertiary/aromatic N) is 1. The van der Waals surface area contributed by atoms with Crippen LogP contribution in [0, 0.1) is 5.82 Å². The fraction of sp³-hybridized carbons (Fsp3) is 0.462. The second-order valence-electron chi connectivity index (χ2n) is 3.99. The molecule has 0 aliphatic rings. The molecule has 0 aliphatic heterocycles. The number of carbonyl (C=O) groups excluding carboxylic acids is 1. The zero-order valence-electron chi connectivity index (χ0n) is 10.7. The Morgan fingerprint density at radius 2 is 2.17 bits per heavy atom. The second kappa shape index (κ2) is 7.21. The molecule has 0 heterocycles. The fourth-order valence-corrected chi connectivity index (χ4v) is 1.65. The van der Waals surface area contributed by atoms with Crippen LogP contribution in [0.5, 0.6) is 0 Å². The van der Waals surface area contributed by atoms with Gasteiger partial charge in [-0.25, -0.2) is 9.18 Å². The molecule has 0 saturated heterocycles. The summed E-state index contributed by atoms with van der Waals surface area (Å²) in [6, 6.07) is 4.01. The van der Waals surface area contributed by atoms with Crippen LogP contribution >= 0.6 is 11.6 Å². The van der Waals surface area contributed by atoms with Crippen LogP contribution in [0.2, 0.25) is 5.02 Å². The molecule has 0 radical (unpaired) electrons. The van der Waals surface area contributed by atoms with Gasteiger partial charge in [-0.3, -0.25) is 0 Å². The predicted molar refractivity (Wildman–Crippen MR) is 72.6 cm³/mol. The smallest absolute Gasteiger partial charge is 0.321 e. The molecule has 0 aromatic heterocycles. The number of anilines is 1. The van der Waals surface area contributed by atoms with E-state index in [-0.39, 0.29) is 11.1 Å². The zero-order chi connectivity index (χ0) is 13.5. The van der Waals surface area contributed by atoms with Gasteiger partial charge >= 0.3 is 6.03 Å². The minimum atomic E-state index is -0.536. The molecule has 0 saturated carbocycles. The van der Waals surface area contributed by atoms with Gasteiger partial charge in [0.15, 0.2) is 0 Å². The van der Waals surface area contributed by atoms with Crippen molar-refractivity contribution < 1.29 is 9.18 Å². The second-order valence-corrected chi connectivity index (χ2v) is 4.40. The van der Waals surface area contributed by atoms with Gasteiger partial charge in [0.1, 0.15) is 5.82 Å². The SMILES string of the molecule is CCCCN(CC)C(=O)Nc1ccc(Cl)c(F)c1. The van der Waals surface area contributed by atoms with Crippen LogP contribution in [0.25, 0.3) is 0 Å². The molecule has 1 N–H and O–H groups in total. The lowest BCUT2D eigenvalue weighted by atomic mass is 10.3. The lowest BCUT2D eigenvalue weighted by Crippen LogP contribution is -2.35. The molecule has 3 nitrogen and oxygen atoms in total. The number of halogens is 2. The quantitative estimate of drug-likeness (QED) is 0.859. The van der Waals surface area contributed by atoms with E-state index in [1.807, 2.05) is 6.92 Å². The van der Waals surface area contributed by atoms with E-state index in [2.05, 4.69) is 12.2 Å². The highest BCUT2D eigenvalue weighted by Gasteiger charge is 2.11. The van der Waals surface area contributed by atoms with Gasteiger partial charge in [-0.15, -0.1) is 0 Å². The van der Waals surface area contributed by atoms with E-state index in [0.29, 0.717) is 18.8 Å². The molecule has 1 rings (SSSR count). The van der Waals surface area contributed by atoms with Crippen LogP contribution in [0.4, 0.5) is 14.9 Å². The molecule has 0 spiro atoms. The summed E-state index contributed by atoms with van der Waals surface area (Å²) in [5.74, 6) is -0.536. The van der Waals surface area contributed by atoms with Crippen molar-refractivity contribution in [2.45, 2.75) is 26.7 Å². The number of rotatable bonds is 5. The Morgan fingerprint density at radius 3 is 2.72 bits per heavy atom. The number of benzene rings is 1. The van der Waals surface area contributed by atoms with Gasteiger partial charge in [-0.2, -0.15) is 0 Å². The van der Waals surface area contributed by atoms with Crippen molar-refractivity contribution in [1.82, 2.24) is 4.90 Å². The number of unbranched alkanes of at least 4 members (excludes halogenated alkanes) is 1. The van der Waals surface area contributed by atoms with E-state index in [4.69, 9.17) is 11.6 Å². The number of nitrogens with one attached hydrogen (secondary N) is 1. The van der Waals surface area contributed by atoms with Crippen LogP contribution < -0.4 is 5.32 Å². The van der Waals surface area contributed by atoms with Crippen molar-refractivity contribution in [2.75, 3.05) is 18.4 Å². The molecular weight excluding hydrogens is 255 g/mol. The molecule has 1 aromatic carbocycles. The van der Waals surface area contributed by atoms with Gasteiger partial charge in [-0.1, -0.05) is 24.9 Å². The van der Waals surface area contributed by atoms with Gasteiger partial charge in [0.2, 0.25) is 0 Å². The number of hydrogen-bond acceptors (Lipinski definition) is 1. The number of urea groups is 1. The third-order valence-electron chi connectivity index (χ3n) is 2.62. The Labute approximate surface area is 112 Å². The van der Waals surface area contributed by atoms with E-state index >= 15 is 0 Å². The summed E-state index contributed by atoms with van der Waals surface area (Å²) >= 11 is 5.58. The molecule has 0 fully saturated rings. The standard InChI is InChI=1S/C13H18ClFN2O/c1-3-5-8-17(4-2)13(18)16-10-6-7-11(14)12(15)9-10/h6-7,9H,3-5,8H2,1-2H3,(H,16,18). The number of amides is 2. The van der Waals surface area contributed by atoms with E-state index in [1.165, 1.54) is 12.1 Å². The average Bonchev–Trinajstić information content (AvgIpc) is 2.35. The molecular formula is C13H18ClFN2O. The molecule has 100 valence electrons. The minimum Gasteiger partial charge on any atom is -0.325 e. The first-order valence-corrected chi connectivity index (χ1v) is 6.47. The molecule has 0 unspecified atom stereocenters. The third-order valence-corrected chi connectivity index (χ3v) is 2.93. The minimum absolute atomic E-state index is 0.0475. The fourth-order valence-electron chi connectivity index (χ4n) is 1.53. The Kier molecular flexibility index (Phi) is 5.92. The van der Waals surface area contributed by atoms with Crippen molar-refractivity contribution >= 4 is 23.3 Å². The van der Waals surface area contributed by atoms with E-state index in [0.717, 1.165) is 12.8 Å². The van der Waals surface area contributed by atoms with Gasteiger partial charge in [0, 0.05) is 18.8 Å². The summed E-state index contributed by atoms with van der Waals surface area (Å²) in [7, 11) is 0. The van der Waals surface area contributed by atoms with Crippen molar-refractivity contribution in [3.8, 4) is 0 Å². The van der Waals surface area contributed by atoms with Crippen molar-refractivity contribution in [3.05, 3.63) is 29.0 Å².